The predicted octanol–water partition coefficient (Wildman–Crippen LogP) is 3.53. The van der Waals surface area contributed by atoms with Crippen molar-refractivity contribution in [3.63, 3.8) is 0 Å². The number of rotatable bonds is 6. The van der Waals surface area contributed by atoms with Gasteiger partial charge < -0.3 is 4.74 Å². The molecule has 0 aliphatic rings. The first-order valence-electron chi connectivity index (χ1n) is 4.64. The van der Waals surface area contributed by atoms with Gasteiger partial charge in [-0.3, -0.25) is 0 Å². The van der Waals surface area contributed by atoms with E-state index in [1.54, 1.807) is 0 Å². The molecule has 1 atom stereocenters. The van der Waals surface area contributed by atoms with Gasteiger partial charge in [-0.05, 0) is 19.8 Å². The van der Waals surface area contributed by atoms with Crippen molar-refractivity contribution in [3.8, 4) is 0 Å². The normalized spacial score (nSPS) is 14.5. The van der Waals surface area contributed by atoms with Gasteiger partial charge in [0.15, 0.2) is 0 Å². The third-order valence-corrected chi connectivity index (χ3v) is 1.70. The molecule has 0 aliphatic carbocycles. The van der Waals surface area contributed by atoms with Crippen LogP contribution in [0.2, 0.25) is 0 Å². The highest BCUT2D eigenvalue weighted by atomic mass is 19.4. The number of alkyl halides is 3. The van der Waals surface area contributed by atoms with Crippen LogP contribution in [0.3, 0.4) is 0 Å². The van der Waals surface area contributed by atoms with E-state index in [9.17, 15) is 13.2 Å². The van der Waals surface area contributed by atoms with E-state index in [1.165, 1.54) is 0 Å². The molecule has 4 heteroatoms. The van der Waals surface area contributed by atoms with Gasteiger partial charge in [-0.25, -0.2) is 0 Å². The lowest BCUT2D eigenvalue weighted by molar-refractivity contribution is -0.138. The molecule has 80 valence electrons. The van der Waals surface area contributed by atoms with Gasteiger partial charge in [0.2, 0.25) is 0 Å². The van der Waals surface area contributed by atoms with Crippen molar-refractivity contribution in [2.45, 2.75) is 51.8 Å². The second-order valence-corrected chi connectivity index (χ2v) is 3.19. The van der Waals surface area contributed by atoms with Crippen LogP contribution in [0.4, 0.5) is 13.2 Å². The third-order valence-electron chi connectivity index (χ3n) is 1.70. The van der Waals surface area contributed by atoms with Crippen LogP contribution in [-0.2, 0) is 4.74 Å². The highest BCUT2D eigenvalue weighted by Crippen LogP contribution is 2.21. The zero-order valence-corrected chi connectivity index (χ0v) is 8.16. The topological polar surface area (TPSA) is 9.23 Å². The Morgan fingerprint density at radius 3 is 2.38 bits per heavy atom. The summed E-state index contributed by atoms with van der Waals surface area (Å²) in [4.78, 5) is 0. The summed E-state index contributed by atoms with van der Waals surface area (Å²) in [5.74, 6) is 0. The van der Waals surface area contributed by atoms with Gasteiger partial charge in [0.25, 0.3) is 0 Å². The summed E-state index contributed by atoms with van der Waals surface area (Å²) in [6.07, 6.45) is -2.73. The molecule has 0 aromatic heterocycles. The standard InChI is InChI=1S/C9H17F3O/c1-3-5-8(2)13-7-4-6-9(10,11)12/h8H,3-7H2,1-2H3. The van der Waals surface area contributed by atoms with Gasteiger partial charge in [-0.1, -0.05) is 13.3 Å². The molecule has 0 aromatic rings. The molecule has 0 radical (unpaired) electrons. The largest absolute Gasteiger partial charge is 0.389 e. The maximum atomic E-state index is 11.7. The minimum absolute atomic E-state index is 0.0670. The fourth-order valence-corrected chi connectivity index (χ4v) is 1.05. The summed E-state index contributed by atoms with van der Waals surface area (Å²) in [5.41, 5.74) is 0. The summed E-state index contributed by atoms with van der Waals surface area (Å²) in [6, 6.07) is 0. The molecule has 0 spiro atoms. The van der Waals surface area contributed by atoms with Crippen LogP contribution in [0.15, 0.2) is 0 Å². The molecule has 1 unspecified atom stereocenters. The Bertz CT molecular complexity index is 123. The van der Waals surface area contributed by atoms with Crippen LogP contribution >= 0.6 is 0 Å². The predicted molar refractivity (Wildman–Crippen MR) is 45.6 cm³/mol. The smallest absolute Gasteiger partial charge is 0.379 e. The van der Waals surface area contributed by atoms with Crippen LogP contribution in [0, 0.1) is 0 Å². The first-order chi connectivity index (χ1) is 5.95. The van der Waals surface area contributed by atoms with Crippen LogP contribution in [0.25, 0.3) is 0 Å². The highest BCUT2D eigenvalue weighted by Gasteiger charge is 2.25. The van der Waals surface area contributed by atoms with Gasteiger partial charge in [-0.2, -0.15) is 13.2 Å². The third kappa shape index (κ3) is 9.67. The lowest BCUT2D eigenvalue weighted by atomic mass is 10.2. The van der Waals surface area contributed by atoms with E-state index in [-0.39, 0.29) is 19.1 Å². The quantitative estimate of drug-likeness (QED) is 0.593. The molecule has 1 nitrogen and oxygen atoms in total. The van der Waals surface area contributed by atoms with E-state index in [4.69, 9.17) is 4.74 Å². The number of halogens is 3. The molecule has 0 aromatic carbocycles. The Labute approximate surface area is 77.3 Å². The Balaban J connectivity index is 3.25. The maximum absolute atomic E-state index is 11.7. The lowest BCUT2D eigenvalue weighted by Gasteiger charge is -2.12. The van der Waals surface area contributed by atoms with E-state index in [0.717, 1.165) is 12.8 Å². The van der Waals surface area contributed by atoms with Crippen molar-refractivity contribution in [3.05, 3.63) is 0 Å². The molecule has 13 heavy (non-hydrogen) atoms. The van der Waals surface area contributed by atoms with E-state index in [1.807, 2.05) is 13.8 Å². The second kappa shape index (κ2) is 6.24. The summed E-state index contributed by atoms with van der Waals surface area (Å²) in [5, 5.41) is 0. The second-order valence-electron chi connectivity index (χ2n) is 3.19. The van der Waals surface area contributed by atoms with Crippen molar-refractivity contribution >= 4 is 0 Å². The van der Waals surface area contributed by atoms with Crippen LogP contribution < -0.4 is 0 Å². The molecule has 0 amide bonds. The first kappa shape index (κ1) is 12.8. The summed E-state index contributed by atoms with van der Waals surface area (Å²) in [6.45, 7) is 4.12. The summed E-state index contributed by atoms with van der Waals surface area (Å²) in [7, 11) is 0. The Morgan fingerprint density at radius 1 is 1.31 bits per heavy atom. The van der Waals surface area contributed by atoms with Crippen molar-refractivity contribution < 1.29 is 17.9 Å². The molecule has 0 fully saturated rings. The summed E-state index contributed by atoms with van der Waals surface area (Å²) >= 11 is 0. The van der Waals surface area contributed by atoms with Gasteiger partial charge in [0.05, 0.1) is 6.10 Å². The SMILES string of the molecule is CCCC(C)OCCCC(F)(F)F. The van der Waals surface area contributed by atoms with Crippen molar-refractivity contribution in [2.24, 2.45) is 0 Å². The highest BCUT2D eigenvalue weighted by molar-refractivity contribution is 4.52. The molecule has 0 rings (SSSR count). The lowest BCUT2D eigenvalue weighted by Crippen LogP contribution is -2.12. The van der Waals surface area contributed by atoms with Crippen LogP contribution in [0.1, 0.15) is 39.5 Å². The van der Waals surface area contributed by atoms with E-state index in [0.29, 0.717) is 0 Å². The first-order valence-corrected chi connectivity index (χ1v) is 4.64. The summed E-state index contributed by atoms with van der Waals surface area (Å²) < 4.78 is 40.2. The van der Waals surface area contributed by atoms with E-state index in [2.05, 4.69) is 0 Å². The average molecular weight is 198 g/mol. The molecule has 0 bridgehead atoms. The Morgan fingerprint density at radius 2 is 1.92 bits per heavy atom. The van der Waals surface area contributed by atoms with Crippen molar-refractivity contribution in [1.82, 2.24) is 0 Å². The van der Waals surface area contributed by atoms with Crippen molar-refractivity contribution in [1.29, 1.82) is 0 Å². The molecular formula is C9H17F3O. The zero-order valence-electron chi connectivity index (χ0n) is 8.16. The van der Waals surface area contributed by atoms with Crippen LogP contribution in [-0.4, -0.2) is 18.9 Å². The monoisotopic (exact) mass is 198 g/mol. The number of ether oxygens (including phenoxy) is 1. The fraction of sp³-hybridized carbons (Fsp3) is 1.00. The molecule has 0 N–H and O–H groups in total. The molecule has 0 saturated heterocycles. The minimum Gasteiger partial charge on any atom is -0.379 e. The van der Waals surface area contributed by atoms with E-state index >= 15 is 0 Å². The molecular weight excluding hydrogens is 181 g/mol. The number of hydrogen-bond acceptors (Lipinski definition) is 1. The van der Waals surface area contributed by atoms with Gasteiger partial charge >= 0.3 is 6.18 Å². The minimum atomic E-state index is -4.04. The molecule has 0 saturated carbocycles. The van der Waals surface area contributed by atoms with Gasteiger partial charge in [-0.15, -0.1) is 0 Å². The maximum Gasteiger partial charge on any atom is 0.389 e. The Hall–Kier alpha value is -0.250. The molecule has 0 aliphatic heterocycles. The van der Waals surface area contributed by atoms with E-state index < -0.39 is 12.6 Å². The average Bonchev–Trinajstić information content (AvgIpc) is 1.97. The number of hydrogen-bond donors (Lipinski definition) is 0. The Kier molecular flexibility index (Phi) is 6.12. The fourth-order valence-electron chi connectivity index (χ4n) is 1.05. The zero-order chi connectivity index (χ0) is 10.3. The van der Waals surface area contributed by atoms with Crippen LogP contribution in [0.5, 0.6) is 0 Å². The van der Waals surface area contributed by atoms with Gasteiger partial charge in [0, 0.05) is 13.0 Å². The van der Waals surface area contributed by atoms with Gasteiger partial charge in [0.1, 0.15) is 0 Å². The van der Waals surface area contributed by atoms with Crippen molar-refractivity contribution in [2.75, 3.05) is 6.61 Å². The molecule has 0 heterocycles.